The van der Waals surface area contributed by atoms with Gasteiger partial charge in [-0.1, -0.05) is 0 Å². The Hall–Kier alpha value is -2.56. The molecule has 0 bridgehead atoms. The third kappa shape index (κ3) is 1.86. The number of fused-ring (bicyclic) bond motifs is 1. The van der Waals surface area contributed by atoms with Crippen LogP contribution in [-0.2, 0) is 0 Å². The first-order valence-corrected chi connectivity index (χ1v) is 5.38. The van der Waals surface area contributed by atoms with E-state index in [9.17, 15) is 4.39 Å². The molecule has 5 heteroatoms. The molecule has 0 unspecified atom stereocenters. The van der Waals surface area contributed by atoms with E-state index in [0.717, 1.165) is 11.2 Å². The van der Waals surface area contributed by atoms with Crippen molar-refractivity contribution in [3.63, 3.8) is 0 Å². The summed E-state index contributed by atoms with van der Waals surface area (Å²) in [4.78, 5) is 4.02. The summed E-state index contributed by atoms with van der Waals surface area (Å²) in [6.07, 6.45) is 1.38. The lowest BCUT2D eigenvalue weighted by atomic mass is 10.2. The highest BCUT2D eigenvalue weighted by molar-refractivity contribution is 5.80. The number of nitrogens with one attached hydrogen (secondary N) is 1. The number of oxazole rings is 1. The quantitative estimate of drug-likeness (QED) is 0.678. The Morgan fingerprint density at radius 3 is 2.94 bits per heavy atom. The summed E-state index contributed by atoms with van der Waals surface area (Å²) >= 11 is 0. The fourth-order valence-corrected chi connectivity index (χ4v) is 1.73. The van der Waals surface area contributed by atoms with Gasteiger partial charge < -0.3 is 15.5 Å². The van der Waals surface area contributed by atoms with Crippen molar-refractivity contribution in [3.8, 4) is 0 Å². The van der Waals surface area contributed by atoms with Gasteiger partial charge in [0.15, 0.2) is 12.0 Å². The summed E-state index contributed by atoms with van der Waals surface area (Å²) in [5.41, 5.74) is 8.96. The molecule has 90 valence electrons. The summed E-state index contributed by atoms with van der Waals surface area (Å²) in [7, 11) is 0. The van der Waals surface area contributed by atoms with Gasteiger partial charge in [-0.05, 0) is 30.3 Å². The van der Waals surface area contributed by atoms with Crippen molar-refractivity contribution in [1.29, 1.82) is 0 Å². The van der Waals surface area contributed by atoms with Gasteiger partial charge in [-0.25, -0.2) is 9.37 Å². The lowest BCUT2D eigenvalue weighted by Crippen LogP contribution is -1.96. The maximum absolute atomic E-state index is 13.1. The fourth-order valence-electron chi connectivity index (χ4n) is 1.73. The van der Waals surface area contributed by atoms with E-state index < -0.39 is 0 Å². The number of nitrogens with two attached hydrogens (primary N) is 1. The standard InChI is InChI=1S/C13H10FN3O/c14-8-1-3-10(15)12(5-8)17-9-2-4-11-13(6-9)18-7-16-11/h1-7,17H,15H2. The number of anilines is 3. The molecule has 1 aromatic heterocycles. The van der Waals surface area contributed by atoms with Crippen molar-refractivity contribution in [1.82, 2.24) is 4.98 Å². The molecular weight excluding hydrogens is 233 g/mol. The number of nitrogens with zero attached hydrogens (tertiary/aromatic N) is 1. The topological polar surface area (TPSA) is 64.1 Å². The second kappa shape index (κ2) is 4.03. The van der Waals surface area contributed by atoms with Crippen LogP contribution in [0.15, 0.2) is 47.2 Å². The molecule has 0 saturated carbocycles. The average Bonchev–Trinajstić information content (AvgIpc) is 2.81. The third-order valence-corrected chi connectivity index (χ3v) is 2.63. The van der Waals surface area contributed by atoms with E-state index in [1.165, 1.54) is 24.6 Å². The number of rotatable bonds is 2. The van der Waals surface area contributed by atoms with Gasteiger partial charge in [0.1, 0.15) is 11.3 Å². The van der Waals surface area contributed by atoms with Crippen LogP contribution in [0.3, 0.4) is 0 Å². The molecule has 3 N–H and O–H groups in total. The molecule has 0 atom stereocenters. The maximum atomic E-state index is 13.1. The first kappa shape index (κ1) is 10.6. The molecule has 0 fully saturated rings. The van der Waals surface area contributed by atoms with E-state index in [-0.39, 0.29) is 5.82 Å². The predicted octanol–water partition coefficient (Wildman–Crippen LogP) is 3.29. The summed E-state index contributed by atoms with van der Waals surface area (Å²) in [5, 5.41) is 3.04. The Bertz CT molecular complexity index is 708. The Kier molecular flexibility index (Phi) is 2.37. The minimum Gasteiger partial charge on any atom is -0.443 e. The highest BCUT2D eigenvalue weighted by atomic mass is 19.1. The number of halogens is 1. The van der Waals surface area contributed by atoms with Gasteiger partial charge in [0.05, 0.1) is 11.4 Å². The lowest BCUT2D eigenvalue weighted by molar-refractivity contribution is 0.602. The molecule has 0 aliphatic carbocycles. The van der Waals surface area contributed by atoms with Gasteiger partial charge in [0.25, 0.3) is 0 Å². The van der Waals surface area contributed by atoms with Gasteiger partial charge in [-0.15, -0.1) is 0 Å². The van der Waals surface area contributed by atoms with Crippen molar-refractivity contribution < 1.29 is 8.81 Å². The fraction of sp³-hybridized carbons (Fsp3) is 0. The highest BCUT2D eigenvalue weighted by Gasteiger charge is 2.04. The number of benzene rings is 2. The molecule has 0 saturated heterocycles. The summed E-state index contributed by atoms with van der Waals surface area (Å²) in [6, 6.07) is 9.61. The molecular formula is C13H10FN3O. The summed E-state index contributed by atoms with van der Waals surface area (Å²) < 4.78 is 18.3. The van der Waals surface area contributed by atoms with Crippen LogP contribution < -0.4 is 11.1 Å². The SMILES string of the molecule is Nc1ccc(F)cc1Nc1ccc2ncoc2c1. The molecule has 0 radical (unpaired) electrons. The summed E-state index contributed by atoms with van der Waals surface area (Å²) in [6.45, 7) is 0. The van der Waals surface area contributed by atoms with E-state index in [1.54, 1.807) is 6.07 Å². The van der Waals surface area contributed by atoms with Gasteiger partial charge in [0, 0.05) is 11.8 Å². The van der Waals surface area contributed by atoms with Crippen molar-refractivity contribution in [2.75, 3.05) is 11.1 Å². The zero-order chi connectivity index (χ0) is 12.5. The zero-order valence-electron chi connectivity index (χ0n) is 9.35. The van der Waals surface area contributed by atoms with E-state index in [4.69, 9.17) is 10.2 Å². The Balaban J connectivity index is 1.97. The molecule has 3 aromatic rings. The van der Waals surface area contributed by atoms with Crippen molar-refractivity contribution in [3.05, 3.63) is 48.6 Å². The molecule has 0 amide bonds. The van der Waals surface area contributed by atoms with Crippen LogP contribution >= 0.6 is 0 Å². The van der Waals surface area contributed by atoms with Crippen LogP contribution in [-0.4, -0.2) is 4.98 Å². The van der Waals surface area contributed by atoms with E-state index in [2.05, 4.69) is 10.3 Å². The van der Waals surface area contributed by atoms with Gasteiger partial charge in [-0.3, -0.25) is 0 Å². The molecule has 1 heterocycles. The first-order valence-electron chi connectivity index (χ1n) is 5.38. The second-order valence-corrected chi connectivity index (χ2v) is 3.89. The molecule has 2 aromatic carbocycles. The number of nitrogen functional groups attached to an aromatic ring is 1. The Morgan fingerprint density at radius 2 is 2.06 bits per heavy atom. The third-order valence-electron chi connectivity index (χ3n) is 2.63. The smallest absolute Gasteiger partial charge is 0.181 e. The molecule has 18 heavy (non-hydrogen) atoms. The first-order chi connectivity index (χ1) is 8.72. The molecule has 4 nitrogen and oxygen atoms in total. The minimum absolute atomic E-state index is 0.340. The van der Waals surface area contributed by atoms with Gasteiger partial charge >= 0.3 is 0 Å². The number of aromatic nitrogens is 1. The molecule has 0 aliphatic heterocycles. The van der Waals surface area contributed by atoms with E-state index in [0.29, 0.717) is 17.0 Å². The van der Waals surface area contributed by atoms with E-state index in [1.807, 2.05) is 12.1 Å². The van der Waals surface area contributed by atoms with Crippen LogP contribution in [0.2, 0.25) is 0 Å². The largest absolute Gasteiger partial charge is 0.443 e. The van der Waals surface area contributed by atoms with Crippen molar-refractivity contribution in [2.24, 2.45) is 0 Å². The number of hydrogen-bond acceptors (Lipinski definition) is 4. The van der Waals surface area contributed by atoms with E-state index >= 15 is 0 Å². The average molecular weight is 243 g/mol. The predicted molar refractivity (Wildman–Crippen MR) is 68.1 cm³/mol. The lowest BCUT2D eigenvalue weighted by Gasteiger charge is -2.09. The maximum Gasteiger partial charge on any atom is 0.181 e. The van der Waals surface area contributed by atoms with Crippen molar-refractivity contribution in [2.45, 2.75) is 0 Å². The highest BCUT2D eigenvalue weighted by Crippen LogP contribution is 2.26. The Labute approximate surface area is 102 Å². The monoisotopic (exact) mass is 243 g/mol. The molecule has 3 rings (SSSR count). The van der Waals surface area contributed by atoms with Crippen LogP contribution in [0.5, 0.6) is 0 Å². The van der Waals surface area contributed by atoms with Gasteiger partial charge in [0.2, 0.25) is 0 Å². The van der Waals surface area contributed by atoms with Crippen LogP contribution in [0.4, 0.5) is 21.5 Å². The number of hydrogen-bond donors (Lipinski definition) is 2. The normalized spacial score (nSPS) is 10.7. The van der Waals surface area contributed by atoms with Crippen LogP contribution in [0.1, 0.15) is 0 Å². The van der Waals surface area contributed by atoms with Crippen LogP contribution in [0, 0.1) is 5.82 Å². The zero-order valence-corrected chi connectivity index (χ0v) is 9.35. The minimum atomic E-state index is -0.340. The van der Waals surface area contributed by atoms with Crippen molar-refractivity contribution >= 4 is 28.2 Å². The summed E-state index contributed by atoms with van der Waals surface area (Å²) in [5.74, 6) is -0.340. The second-order valence-electron chi connectivity index (χ2n) is 3.89. The molecule has 0 aliphatic rings. The molecule has 0 spiro atoms. The van der Waals surface area contributed by atoms with Crippen LogP contribution in [0.25, 0.3) is 11.1 Å². The Morgan fingerprint density at radius 1 is 1.17 bits per heavy atom. The van der Waals surface area contributed by atoms with Gasteiger partial charge in [-0.2, -0.15) is 0 Å².